The van der Waals surface area contributed by atoms with E-state index < -0.39 is 6.10 Å². The molecule has 81 heavy (non-hydrogen) atoms. The van der Waals surface area contributed by atoms with Crippen molar-refractivity contribution < 1.29 is 28.6 Å². The fraction of sp³-hybridized carbons (Fsp3) is 0.613. The molecule has 0 heterocycles. The first-order valence-electron chi connectivity index (χ1n) is 33.0. The first kappa shape index (κ1) is 76.0. The van der Waals surface area contributed by atoms with Gasteiger partial charge in [0.15, 0.2) is 6.10 Å². The Morgan fingerprint density at radius 3 is 0.741 bits per heavy atom. The SMILES string of the molecule is CC/C=C\C/C=C\C/C=C\C/C=C\C/C=C\CCCC(=O)OCC(COC(=O)CCCCCCCCCCCCCCCC/C=C\C/C=C\C/C=C\C/C=C\CC)OC(=O)CCCCCCCC/C=C\C/C=C\C/C=C\C/C=C\CC. The van der Waals surface area contributed by atoms with E-state index in [1.807, 2.05) is 0 Å². The predicted octanol–water partition coefficient (Wildman–Crippen LogP) is 22.9. The third-order valence-corrected chi connectivity index (χ3v) is 13.5. The van der Waals surface area contributed by atoms with Crippen LogP contribution >= 0.6 is 0 Å². The Bertz CT molecular complexity index is 1810. The van der Waals surface area contributed by atoms with Crippen LogP contribution in [0.2, 0.25) is 0 Å². The number of unbranched alkanes of at least 4 members (excludes halogenated alkanes) is 21. The van der Waals surface area contributed by atoms with Crippen molar-refractivity contribution in [2.45, 2.75) is 284 Å². The molecule has 0 N–H and O–H groups in total. The molecule has 1 unspecified atom stereocenters. The minimum atomic E-state index is -0.818. The molecule has 6 heteroatoms. The van der Waals surface area contributed by atoms with E-state index in [2.05, 4.69) is 179 Å². The summed E-state index contributed by atoms with van der Waals surface area (Å²) in [6.45, 7) is 6.25. The summed E-state index contributed by atoms with van der Waals surface area (Å²) in [6.07, 6.45) is 98.3. The standard InChI is InChI=1S/C75H120O6/c1-4-7-10-13-16-19-22-25-28-31-33-34-35-36-37-38-39-40-42-44-47-50-53-56-59-62-65-68-74(77)80-71-72(70-79-73(76)67-64-61-58-55-52-49-46-43-30-27-24-21-18-15-12-9-6-3)81-75(78)69-66-63-60-57-54-51-48-45-41-32-29-26-23-20-17-14-11-8-5-2/h7-12,16-21,25-30,33-34,41,45-46,49,55,58,72H,4-6,13-15,22-24,31-32,35-40,42-44,47-48,50-54,56-57,59-71H2,1-3H3/b10-7-,11-8-,12-9-,19-16-,20-17-,21-18-,28-25-,29-26-,30-27-,34-33-,45-41-,49-46-,58-55-. The Hall–Kier alpha value is -4.97. The van der Waals surface area contributed by atoms with Crippen molar-refractivity contribution >= 4 is 17.9 Å². The van der Waals surface area contributed by atoms with Crippen LogP contribution < -0.4 is 0 Å². The van der Waals surface area contributed by atoms with Crippen molar-refractivity contribution in [1.82, 2.24) is 0 Å². The van der Waals surface area contributed by atoms with Gasteiger partial charge in [0.2, 0.25) is 0 Å². The zero-order valence-electron chi connectivity index (χ0n) is 52.2. The fourth-order valence-corrected chi connectivity index (χ4v) is 8.70. The summed E-state index contributed by atoms with van der Waals surface area (Å²) in [5.74, 6) is -0.982. The zero-order valence-corrected chi connectivity index (χ0v) is 52.2. The molecule has 1 atom stereocenters. The van der Waals surface area contributed by atoms with Crippen LogP contribution in [0, 0.1) is 0 Å². The highest BCUT2D eigenvalue weighted by Crippen LogP contribution is 2.16. The normalized spacial score (nSPS) is 13.2. The number of hydrogen-bond donors (Lipinski definition) is 0. The number of allylic oxidation sites excluding steroid dienone is 26. The summed E-state index contributed by atoms with van der Waals surface area (Å²) in [5.41, 5.74) is 0. The smallest absolute Gasteiger partial charge is 0.306 e. The number of hydrogen-bond acceptors (Lipinski definition) is 6. The van der Waals surface area contributed by atoms with Gasteiger partial charge >= 0.3 is 17.9 Å². The van der Waals surface area contributed by atoms with Crippen LogP contribution in [0.1, 0.15) is 278 Å². The van der Waals surface area contributed by atoms with Crippen molar-refractivity contribution in [1.29, 1.82) is 0 Å². The van der Waals surface area contributed by atoms with E-state index in [-0.39, 0.29) is 37.5 Å². The molecule has 0 saturated carbocycles. The first-order valence-corrected chi connectivity index (χ1v) is 33.0. The number of esters is 3. The van der Waals surface area contributed by atoms with Crippen molar-refractivity contribution in [3.8, 4) is 0 Å². The minimum absolute atomic E-state index is 0.107. The van der Waals surface area contributed by atoms with Gasteiger partial charge in [-0.05, 0) is 135 Å². The topological polar surface area (TPSA) is 78.9 Å². The van der Waals surface area contributed by atoms with Gasteiger partial charge in [-0.1, -0.05) is 281 Å². The summed E-state index contributed by atoms with van der Waals surface area (Å²) >= 11 is 0. The Morgan fingerprint density at radius 1 is 0.247 bits per heavy atom. The molecule has 0 spiro atoms. The highest BCUT2D eigenvalue weighted by molar-refractivity contribution is 5.71. The van der Waals surface area contributed by atoms with Crippen LogP contribution in [0.15, 0.2) is 158 Å². The minimum Gasteiger partial charge on any atom is -0.462 e. The highest BCUT2D eigenvalue weighted by atomic mass is 16.6. The summed E-state index contributed by atoms with van der Waals surface area (Å²) < 4.78 is 16.9. The molecule has 0 aromatic carbocycles. The maximum absolute atomic E-state index is 12.9. The Morgan fingerprint density at radius 2 is 0.457 bits per heavy atom. The molecule has 0 aromatic rings. The lowest BCUT2D eigenvalue weighted by atomic mass is 10.0. The molecule has 0 aliphatic heterocycles. The molecule has 0 aliphatic rings. The monoisotopic (exact) mass is 1120 g/mol. The van der Waals surface area contributed by atoms with Gasteiger partial charge in [-0.25, -0.2) is 0 Å². The molecule has 6 nitrogen and oxygen atoms in total. The van der Waals surface area contributed by atoms with Crippen molar-refractivity contribution in [2.75, 3.05) is 13.2 Å². The second kappa shape index (κ2) is 67.5. The zero-order chi connectivity index (χ0) is 58.5. The van der Waals surface area contributed by atoms with Gasteiger partial charge in [0, 0.05) is 19.3 Å². The molecule has 0 amide bonds. The third kappa shape index (κ3) is 65.7. The lowest BCUT2D eigenvalue weighted by Crippen LogP contribution is -2.30. The van der Waals surface area contributed by atoms with E-state index in [0.29, 0.717) is 19.3 Å². The van der Waals surface area contributed by atoms with E-state index in [1.165, 1.54) is 89.9 Å². The predicted molar refractivity (Wildman–Crippen MR) is 352 cm³/mol. The average Bonchev–Trinajstić information content (AvgIpc) is 3.47. The van der Waals surface area contributed by atoms with Crippen LogP contribution in [0.5, 0.6) is 0 Å². The maximum Gasteiger partial charge on any atom is 0.306 e. The second-order valence-corrected chi connectivity index (χ2v) is 21.2. The lowest BCUT2D eigenvalue weighted by molar-refractivity contribution is -0.167. The summed E-state index contributed by atoms with van der Waals surface area (Å²) in [7, 11) is 0. The quantitative estimate of drug-likeness (QED) is 0.0261. The molecule has 0 radical (unpaired) electrons. The van der Waals surface area contributed by atoms with Crippen molar-refractivity contribution in [2.24, 2.45) is 0 Å². The van der Waals surface area contributed by atoms with Crippen LogP contribution in [0.4, 0.5) is 0 Å². The van der Waals surface area contributed by atoms with Crippen LogP contribution in [0.25, 0.3) is 0 Å². The van der Waals surface area contributed by atoms with E-state index in [0.717, 1.165) is 141 Å². The van der Waals surface area contributed by atoms with Gasteiger partial charge in [0.05, 0.1) is 0 Å². The Kier molecular flexibility index (Phi) is 63.4. The average molecular weight is 1120 g/mol. The molecule has 0 aliphatic carbocycles. The molecule has 0 saturated heterocycles. The second-order valence-electron chi connectivity index (χ2n) is 21.2. The maximum atomic E-state index is 12.9. The van der Waals surface area contributed by atoms with Gasteiger partial charge in [-0.3, -0.25) is 14.4 Å². The van der Waals surface area contributed by atoms with Gasteiger partial charge in [0.25, 0.3) is 0 Å². The van der Waals surface area contributed by atoms with Crippen molar-refractivity contribution in [3.63, 3.8) is 0 Å². The molecule has 0 bridgehead atoms. The van der Waals surface area contributed by atoms with E-state index in [1.54, 1.807) is 0 Å². The molecular weight excluding hydrogens is 997 g/mol. The van der Waals surface area contributed by atoms with Gasteiger partial charge in [-0.2, -0.15) is 0 Å². The fourth-order valence-electron chi connectivity index (χ4n) is 8.70. The van der Waals surface area contributed by atoms with Crippen LogP contribution in [0.3, 0.4) is 0 Å². The van der Waals surface area contributed by atoms with Gasteiger partial charge in [-0.15, -0.1) is 0 Å². The summed E-state index contributed by atoms with van der Waals surface area (Å²) in [6, 6.07) is 0. The highest BCUT2D eigenvalue weighted by Gasteiger charge is 2.19. The Balaban J connectivity index is 4.43. The van der Waals surface area contributed by atoms with Crippen LogP contribution in [-0.2, 0) is 28.6 Å². The Labute approximate surface area is 499 Å². The van der Waals surface area contributed by atoms with E-state index in [4.69, 9.17) is 14.2 Å². The summed E-state index contributed by atoms with van der Waals surface area (Å²) in [5, 5.41) is 0. The molecule has 456 valence electrons. The number of carbonyl (C=O) groups excluding carboxylic acids is 3. The lowest BCUT2D eigenvalue weighted by Gasteiger charge is -2.18. The summed E-state index contributed by atoms with van der Waals surface area (Å²) in [4.78, 5) is 38.4. The van der Waals surface area contributed by atoms with Gasteiger partial charge in [0.1, 0.15) is 13.2 Å². The van der Waals surface area contributed by atoms with E-state index >= 15 is 0 Å². The molecule has 0 rings (SSSR count). The number of rotatable bonds is 58. The molecule has 0 fully saturated rings. The van der Waals surface area contributed by atoms with Crippen molar-refractivity contribution in [3.05, 3.63) is 158 Å². The largest absolute Gasteiger partial charge is 0.462 e. The molecule has 0 aromatic heterocycles. The first-order chi connectivity index (χ1) is 40.0. The third-order valence-electron chi connectivity index (χ3n) is 13.5. The number of ether oxygens (including phenoxy) is 3. The molecular formula is C75H120O6. The van der Waals surface area contributed by atoms with Gasteiger partial charge < -0.3 is 14.2 Å². The number of carbonyl (C=O) groups is 3. The van der Waals surface area contributed by atoms with E-state index in [9.17, 15) is 14.4 Å². The van der Waals surface area contributed by atoms with Crippen LogP contribution in [-0.4, -0.2) is 37.2 Å².